The summed E-state index contributed by atoms with van der Waals surface area (Å²) in [6.45, 7) is 0.714. The number of carbonyl (C=O) groups is 15. The number of thiol groups is 2. The highest BCUT2D eigenvalue weighted by Crippen LogP contribution is 2.28. The van der Waals surface area contributed by atoms with Gasteiger partial charge >= 0.3 is 5.97 Å². The number of thioether (sulfide) groups is 1. The van der Waals surface area contributed by atoms with E-state index in [4.69, 9.17) is 11.1 Å². The SMILES string of the molecule is CCNC(=O)[C@@H]1CSCC(=O)N[C@@H](CCCCNC(=O)C(CCCCNC(=O)CCC(=O)Nc2ccc3c(S(=O)(=O)O)cccc3c2)NC(=O)CCC(=O)Nc2ccc3c(S(=O)(=O)O)cccc3c2)C(=O)N[C@@H](CS)C(=O)N[C@@H](CCCNC(=N)N)C(=O)NCC(=O)N[C@@H](CC(=O)O)C(=O)N[C@@H](CS)C(=O)N[C@@H](Cc2ccccc2)C(=O)N1. The number of carboxylic acids is 1. The molecule has 118 heavy (non-hydrogen) atoms. The Hall–Kier alpha value is -11.2. The van der Waals surface area contributed by atoms with Crippen LogP contribution in [0.25, 0.3) is 21.5 Å². The molecule has 1 saturated heterocycles. The van der Waals surface area contributed by atoms with Crippen LogP contribution in [-0.4, -0.2) is 230 Å². The molecule has 0 aliphatic carbocycles. The zero-order chi connectivity index (χ0) is 86.7. The Balaban J connectivity index is 1.18. The number of carbonyl (C=O) groups excluding carboxylic acids is 14. The number of hydrogen-bond acceptors (Lipinski definition) is 23. The lowest BCUT2D eigenvalue weighted by molar-refractivity contribution is -0.141. The Kier molecular flexibility index (Phi) is 38.8. The number of amides is 14. The highest BCUT2D eigenvalue weighted by molar-refractivity contribution is 8.00. The maximum absolute atomic E-state index is 14.5. The average Bonchev–Trinajstić information content (AvgIpc) is 0.795. The average molecular weight is 1740 g/mol. The number of likely N-dealkylation sites (N-methyl/N-ethyl adjacent to an activating group) is 1. The number of unbranched alkanes of at least 4 members (excludes halogenated alkanes) is 2. The van der Waals surface area contributed by atoms with E-state index in [2.05, 4.69) is 105 Å². The van der Waals surface area contributed by atoms with E-state index >= 15 is 0 Å². The molecule has 39 nitrogen and oxygen atoms in total. The van der Waals surface area contributed by atoms with E-state index in [1.54, 1.807) is 49.4 Å². The summed E-state index contributed by atoms with van der Waals surface area (Å²) in [5.41, 5.74) is 6.49. The summed E-state index contributed by atoms with van der Waals surface area (Å²) in [6.07, 6.45) is -2.31. The number of hydrogen-bond donors (Lipinski definition) is 22. The molecule has 14 amide bonds. The lowest BCUT2D eigenvalue weighted by Gasteiger charge is -2.26. The van der Waals surface area contributed by atoms with Gasteiger partial charge in [-0.25, -0.2) is 0 Å². The van der Waals surface area contributed by atoms with Crippen LogP contribution in [-0.2, 0) is 98.6 Å². The fourth-order valence-corrected chi connectivity index (χ4v) is 14.7. The molecule has 1 fully saturated rings. The third-order valence-electron chi connectivity index (χ3n) is 17.8. The van der Waals surface area contributed by atoms with E-state index in [0.29, 0.717) is 22.0 Å². The van der Waals surface area contributed by atoms with Gasteiger partial charge in [0.15, 0.2) is 5.96 Å². The molecule has 6 rings (SSSR count). The third-order valence-corrected chi connectivity index (χ3v) is 21.4. The number of benzene rings is 5. The van der Waals surface area contributed by atoms with Crippen molar-refractivity contribution in [1.29, 1.82) is 5.41 Å². The van der Waals surface area contributed by atoms with Crippen molar-refractivity contribution in [2.24, 2.45) is 5.73 Å². The van der Waals surface area contributed by atoms with Crippen molar-refractivity contribution in [1.82, 2.24) is 69.1 Å². The van der Waals surface area contributed by atoms with Gasteiger partial charge in [0.1, 0.15) is 58.1 Å². The van der Waals surface area contributed by atoms with E-state index in [-0.39, 0.29) is 129 Å². The first kappa shape index (κ1) is 95.7. The number of nitrogens with one attached hydrogen (secondary N) is 16. The standard InChI is InChI=1S/C74H97N17O22S5/c1-2-77-68(102)56-40-116-41-64(97)85-51(69(103)89-54(38-114)72(106)87-50(19-12-32-80-74(75)76)67(101)81-37-63(96)86-53(36-65(98)99)71(105)90-55(39-115)73(107)88-52(70(104)91-56)33-42-13-4-3-5-14-42)18-7-9-31-79-66(100)49(84-62(95)29-28-61(94)83-46-23-25-48-44(35-46)16-11-21-58(48)118(111,112)113)17-6-8-30-78-59(92)26-27-60(93)82-45-22-24-47-43(34-45)15-10-20-57(47)117(108,109)110/h3-5,10-11,13-16,20-25,34-35,49-56,114-115H,2,6-9,12,17-19,26-33,36-41H2,1H3,(H,77,102)(H,78,92)(H,79,100)(H,81,101)(H,82,93)(H,83,94)(H,84,95)(H,85,97)(H,86,96)(H,87,106)(H,88,107)(H,89,103)(H,90,105)(H,91,104)(H,98,99)(H4,75,76,80)(H,108,109,110)(H,111,112,113)/t49?,50-,51-,52-,53-,54-,55-,56-/m0/s1. The van der Waals surface area contributed by atoms with Crippen LogP contribution in [0.5, 0.6) is 0 Å². The van der Waals surface area contributed by atoms with Crippen molar-refractivity contribution in [3.05, 3.63) is 109 Å². The van der Waals surface area contributed by atoms with E-state index < -0.39 is 206 Å². The summed E-state index contributed by atoms with van der Waals surface area (Å²) in [6, 6.07) is 13.1. The molecular formula is C74H97N17O22S5. The van der Waals surface area contributed by atoms with E-state index in [1.165, 1.54) is 60.7 Å². The molecule has 44 heteroatoms. The summed E-state index contributed by atoms with van der Waals surface area (Å²) >= 11 is 9.35. The van der Waals surface area contributed by atoms with Gasteiger partial charge in [-0.2, -0.15) is 42.1 Å². The number of anilines is 2. The largest absolute Gasteiger partial charge is 0.481 e. The van der Waals surface area contributed by atoms with Crippen LogP contribution in [0.3, 0.4) is 0 Å². The molecule has 0 aromatic heterocycles. The van der Waals surface area contributed by atoms with Gasteiger partial charge in [0.05, 0.1) is 18.7 Å². The first-order valence-electron chi connectivity index (χ1n) is 37.3. The van der Waals surface area contributed by atoms with Gasteiger partial charge in [0.25, 0.3) is 20.2 Å². The number of fused-ring (bicyclic) bond motifs is 2. The molecule has 0 spiro atoms. The maximum Gasteiger partial charge on any atom is 0.305 e. The summed E-state index contributed by atoms with van der Waals surface area (Å²) in [5.74, 6) is -15.4. The highest BCUT2D eigenvalue weighted by atomic mass is 32.2. The van der Waals surface area contributed by atoms with Crippen molar-refractivity contribution >= 4 is 185 Å². The molecule has 0 saturated carbocycles. The Morgan fingerprint density at radius 3 is 1.58 bits per heavy atom. The Morgan fingerprint density at radius 2 is 1.03 bits per heavy atom. The molecule has 5 aromatic rings. The number of rotatable bonds is 34. The molecule has 0 bridgehead atoms. The van der Waals surface area contributed by atoms with Crippen LogP contribution in [0.2, 0.25) is 0 Å². The van der Waals surface area contributed by atoms with Crippen molar-refractivity contribution in [3.63, 3.8) is 0 Å². The minimum absolute atomic E-state index is 0.00415. The van der Waals surface area contributed by atoms with Crippen LogP contribution in [0.4, 0.5) is 11.4 Å². The molecule has 8 atom stereocenters. The van der Waals surface area contributed by atoms with Crippen LogP contribution >= 0.6 is 37.0 Å². The fraction of sp³-hybridized carbons (Fsp3) is 0.432. The topological polar surface area (TPSA) is 615 Å². The predicted molar refractivity (Wildman–Crippen MR) is 441 cm³/mol. The first-order chi connectivity index (χ1) is 56.0. The Labute approximate surface area is 694 Å². The number of nitrogens with two attached hydrogens (primary N) is 1. The summed E-state index contributed by atoms with van der Waals surface area (Å²) in [5, 5.41) is 56.7. The summed E-state index contributed by atoms with van der Waals surface area (Å²) in [4.78, 5) is 204. The minimum Gasteiger partial charge on any atom is -0.481 e. The first-order valence-corrected chi connectivity index (χ1v) is 42.6. The van der Waals surface area contributed by atoms with Gasteiger partial charge < -0.3 is 90.6 Å². The third kappa shape index (κ3) is 32.7. The second-order valence-corrected chi connectivity index (χ2v) is 31.5. The summed E-state index contributed by atoms with van der Waals surface area (Å²) < 4.78 is 67.1. The molecule has 1 aliphatic heterocycles. The Bertz CT molecular complexity index is 4720. The van der Waals surface area contributed by atoms with E-state index in [1.807, 2.05) is 0 Å². The van der Waals surface area contributed by atoms with Crippen molar-refractivity contribution in [3.8, 4) is 0 Å². The van der Waals surface area contributed by atoms with Crippen LogP contribution < -0.4 is 85.5 Å². The lowest BCUT2D eigenvalue weighted by atomic mass is 10.0. The van der Waals surface area contributed by atoms with Gasteiger partial charge in [0, 0.05) is 97.7 Å². The molecule has 1 aliphatic rings. The van der Waals surface area contributed by atoms with Crippen LogP contribution in [0.15, 0.2) is 113 Å². The van der Waals surface area contributed by atoms with Gasteiger partial charge in [-0.3, -0.25) is 86.4 Å². The monoisotopic (exact) mass is 1740 g/mol. The van der Waals surface area contributed by atoms with Crippen molar-refractivity contribution in [2.75, 3.05) is 66.4 Å². The maximum atomic E-state index is 14.5. The normalized spacial score (nSPS) is 18.8. The molecule has 5 aromatic carbocycles. The molecule has 21 N–H and O–H groups in total. The second kappa shape index (κ2) is 47.9. The molecule has 1 unspecified atom stereocenters. The van der Waals surface area contributed by atoms with Crippen LogP contribution in [0, 0.1) is 5.41 Å². The van der Waals surface area contributed by atoms with Crippen molar-refractivity contribution < 1.29 is 103 Å². The Morgan fingerprint density at radius 1 is 0.534 bits per heavy atom. The molecule has 640 valence electrons. The zero-order valence-electron chi connectivity index (χ0n) is 64.0. The zero-order valence-corrected chi connectivity index (χ0v) is 68.2. The minimum atomic E-state index is -4.59. The molecule has 0 radical (unpaired) electrons. The predicted octanol–water partition coefficient (Wildman–Crippen LogP) is -1.09. The number of guanidine groups is 1. The highest BCUT2D eigenvalue weighted by Gasteiger charge is 2.35. The summed E-state index contributed by atoms with van der Waals surface area (Å²) in [7, 11) is -9.14. The van der Waals surface area contributed by atoms with Gasteiger partial charge in [-0.1, -0.05) is 66.7 Å². The quantitative estimate of drug-likeness (QED) is 0.00765. The fourth-order valence-electron chi connectivity index (χ4n) is 11.9. The second-order valence-electron chi connectivity index (χ2n) is 27.0. The number of carboxylic acid groups (broad SMARTS) is 1. The molecular weight excluding hydrogens is 1640 g/mol. The lowest BCUT2D eigenvalue weighted by Crippen LogP contribution is -2.60. The van der Waals surface area contributed by atoms with Gasteiger partial charge in [0.2, 0.25) is 82.7 Å². The van der Waals surface area contributed by atoms with E-state index in [0.717, 1.165) is 11.8 Å². The van der Waals surface area contributed by atoms with Crippen molar-refractivity contribution in [2.45, 2.75) is 155 Å². The van der Waals surface area contributed by atoms with Gasteiger partial charge in [-0.05, 0) is 111 Å². The number of aliphatic carboxylic acids is 1. The smallest absolute Gasteiger partial charge is 0.305 e. The van der Waals surface area contributed by atoms with E-state index in [9.17, 15) is 103 Å². The van der Waals surface area contributed by atoms with Gasteiger partial charge in [-0.15, -0.1) is 11.8 Å². The molecule has 1 heterocycles. The van der Waals surface area contributed by atoms with Crippen LogP contribution in [0.1, 0.15) is 96.0 Å².